The molecule has 0 spiro atoms. The lowest BCUT2D eigenvalue weighted by molar-refractivity contribution is -0.157. The second-order valence-electron chi connectivity index (χ2n) is 11.2. The van der Waals surface area contributed by atoms with Gasteiger partial charge in [0.1, 0.15) is 11.4 Å². The molecule has 4 heterocycles. The number of fused-ring (bicyclic) bond motifs is 1. The molecule has 15 nitrogen and oxygen atoms in total. The minimum atomic E-state index is -1.95. The van der Waals surface area contributed by atoms with Gasteiger partial charge in [-0.15, -0.1) is 10.2 Å². The van der Waals surface area contributed by atoms with E-state index in [0.717, 1.165) is 0 Å². The van der Waals surface area contributed by atoms with Gasteiger partial charge >= 0.3 is 0 Å². The molecule has 0 bridgehead atoms. The summed E-state index contributed by atoms with van der Waals surface area (Å²) in [5.74, 6) is -0.553. The number of nitrogens with zero attached hydrogens (tertiary/aromatic N) is 6. The summed E-state index contributed by atoms with van der Waals surface area (Å²) in [6, 6.07) is 14.4. The van der Waals surface area contributed by atoms with Gasteiger partial charge in [-0.3, -0.25) is 14.5 Å². The Labute approximate surface area is 262 Å². The summed E-state index contributed by atoms with van der Waals surface area (Å²) in [5.41, 5.74) is 5.46. The van der Waals surface area contributed by atoms with Crippen LogP contribution in [-0.4, -0.2) is 84.7 Å². The Bertz CT molecular complexity index is 1890. The van der Waals surface area contributed by atoms with Gasteiger partial charge < -0.3 is 35.3 Å². The van der Waals surface area contributed by atoms with Crippen molar-refractivity contribution in [2.45, 2.75) is 38.1 Å². The highest BCUT2D eigenvalue weighted by Gasteiger charge is 2.47. The van der Waals surface area contributed by atoms with Gasteiger partial charge in [-0.1, -0.05) is 23.4 Å². The maximum Gasteiger partial charge on any atom is 0.260 e. The van der Waals surface area contributed by atoms with E-state index in [-0.39, 0.29) is 42.8 Å². The number of nitrogens with two attached hydrogens (primary N) is 1. The Morgan fingerprint density at radius 1 is 1.22 bits per heavy atom. The molecule has 6 rings (SSSR count). The molecule has 1 aliphatic rings. The van der Waals surface area contributed by atoms with Gasteiger partial charge in [-0.2, -0.15) is 5.10 Å². The van der Waals surface area contributed by atoms with Gasteiger partial charge in [-0.25, -0.2) is 4.68 Å². The fourth-order valence-electron chi connectivity index (χ4n) is 5.27. The lowest BCUT2D eigenvalue weighted by Gasteiger charge is -2.40. The number of aromatic hydroxyl groups is 1. The van der Waals surface area contributed by atoms with Crippen LogP contribution in [0.25, 0.3) is 16.7 Å². The minimum Gasteiger partial charge on any atom is -0.507 e. The third-order valence-electron chi connectivity index (χ3n) is 7.45. The Morgan fingerprint density at radius 2 is 2.04 bits per heavy atom. The molecule has 2 atom stereocenters. The third-order valence-corrected chi connectivity index (χ3v) is 7.45. The summed E-state index contributed by atoms with van der Waals surface area (Å²) < 4.78 is 18.4. The Hall–Kier alpha value is -5.54. The maximum atomic E-state index is 14.0. The molecule has 3 aromatic heterocycles. The number of morpholine rings is 1. The normalized spacial score (nSPS) is 16.5. The third kappa shape index (κ3) is 6.18. The van der Waals surface area contributed by atoms with Gasteiger partial charge in [-0.05, 0) is 43.7 Å². The number of aromatic nitrogens is 5. The van der Waals surface area contributed by atoms with Crippen molar-refractivity contribution in [3.8, 4) is 17.3 Å². The summed E-state index contributed by atoms with van der Waals surface area (Å²) in [6.45, 7) is 3.62. The van der Waals surface area contributed by atoms with Crippen molar-refractivity contribution < 1.29 is 33.8 Å². The first-order valence-electron chi connectivity index (χ1n) is 14.5. The van der Waals surface area contributed by atoms with E-state index in [2.05, 4.69) is 25.8 Å². The van der Waals surface area contributed by atoms with Crippen LogP contribution >= 0.6 is 0 Å². The number of hydrogen-bond donors (Lipinski definition) is 4. The molecule has 0 saturated carbocycles. The average Bonchev–Trinajstić information content (AvgIpc) is 3.67. The molecule has 238 valence electrons. The van der Waals surface area contributed by atoms with Crippen molar-refractivity contribution >= 4 is 34.4 Å². The number of amides is 2. The van der Waals surface area contributed by atoms with Crippen molar-refractivity contribution in [3.63, 3.8) is 0 Å². The number of nitrogens with one attached hydrogen (secondary N) is 1. The largest absolute Gasteiger partial charge is 0.507 e. The van der Waals surface area contributed by atoms with Crippen LogP contribution in [0.4, 0.5) is 11.6 Å². The number of benzene rings is 2. The quantitative estimate of drug-likeness (QED) is 0.175. The summed E-state index contributed by atoms with van der Waals surface area (Å²) in [7, 11) is 0. The predicted molar refractivity (Wildman–Crippen MR) is 165 cm³/mol. The minimum absolute atomic E-state index is 0.0130. The molecule has 1 saturated heterocycles. The molecule has 2 aromatic carbocycles. The fraction of sp³-hybridized carbons (Fsp3) is 0.290. The highest BCUT2D eigenvalue weighted by atomic mass is 16.5. The number of carbonyl (C=O) groups is 2. The van der Waals surface area contributed by atoms with Gasteiger partial charge in [0.2, 0.25) is 5.88 Å². The number of hydrogen-bond acceptors (Lipinski definition) is 12. The maximum absolute atomic E-state index is 14.0. The number of ether oxygens (including phenoxy) is 2. The zero-order valence-electron chi connectivity index (χ0n) is 25.0. The van der Waals surface area contributed by atoms with Gasteiger partial charge in [0.05, 0.1) is 48.6 Å². The molecule has 0 radical (unpaired) electrons. The summed E-state index contributed by atoms with van der Waals surface area (Å²) in [4.78, 5) is 28.5. The van der Waals surface area contributed by atoms with Gasteiger partial charge in [0, 0.05) is 24.8 Å². The average molecular weight is 629 g/mol. The molecule has 5 aromatic rings. The van der Waals surface area contributed by atoms with Crippen LogP contribution in [0.3, 0.4) is 0 Å². The number of anilines is 2. The molecule has 1 unspecified atom stereocenters. The monoisotopic (exact) mass is 628 g/mol. The molecule has 1 aliphatic heterocycles. The smallest absolute Gasteiger partial charge is 0.260 e. The molecule has 5 N–H and O–H groups in total. The number of para-hydroxylation sites is 1. The second-order valence-corrected chi connectivity index (χ2v) is 11.2. The Kier molecular flexibility index (Phi) is 8.25. The van der Waals surface area contributed by atoms with Crippen LogP contribution in [0.5, 0.6) is 11.6 Å². The zero-order valence-corrected chi connectivity index (χ0v) is 25.0. The van der Waals surface area contributed by atoms with Crippen molar-refractivity contribution in [2.75, 3.05) is 30.3 Å². The highest BCUT2D eigenvalue weighted by molar-refractivity contribution is 5.98. The fourth-order valence-corrected chi connectivity index (χ4v) is 5.27. The van der Waals surface area contributed by atoms with Crippen molar-refractivity contribution in [3.05, 3.63) is 78.1 Å². The number of phenolic OH excluding ortho intramolecular Hbond substituents is 1. The molecule has 0 aliphatic carbocycles. The van der Waals surface area contributed by atoms with Gasteiger partial charge in [0.25, 0.3) is 11.8 Å². The first-order valence-corrected chi connectivity index (χ1v) is 14.5. The number of rotatable bonds is 10. The van der Waals surface area contributed by atoms with E-state index in [0.29, 0.717) is 33.9 Å². The SMILES string of the molecule is CC(C)Oc1cc(-n2ccc(N3CCO[C@H](C(O)(CNC(=O)c4ccccc4O)Cc4ccc5c(N)noc5c4)C3=O)n2)cnn1. The molecule has 46 heavy (non-hydrogen) atoms. The topological polar surface area (TPSA) is 204 Å². The highest BCUT2D eigenvalue weighted by Crippen LogP contribution is 2.30. The number of aliphatic hydroxyl groups is 1. The van der Waals surface area contributed by atoms with Crippen LogP contribution in [-0.2, 0) is 16.0 Å². The van der Waals surface area contributed by atoms with Crippen LogP contribution in [0.15, 0.2) is 71.5 Å². The van der Waals surface area contributed by atoms with Crippen molar-refractivity contribution in [2.24, 2.45) is 0 Å². The van der Waals surface area contributed by atoms with E-state index < -0.39 is 30.1 Å². The summed E-state index contributed by atoms with van der Waals surface area (Å²) >= 11 is 0. The van der Waals surface area contributed by atoms with Crippen LogP contribution in [0, 0.1) is 0 Å². The van der Waals surface area contributed by atoms with Crippen LogP contribution < -0.4 is 20.7 Å². The summed E-state index contributed by atoms with van der Waals surface area (Å²) in [6.07, 6.45) is 1.56. The van der Waals surface area contributed by atoms with Gasteiger partial charge in [0.15, 0.2) is 23.3 Å². The molecule has 2 amide bonds. The molecular weight excluding hydrogens is 596 g/mol. The molecule has 15 heteroatoms. The van der Waals surface area contributed by atoms with Crippen LogP contribution in [0.2, 0.25) is 0 Å². The lowest BCUT2D eigenvalue weighted by Crippen LogP contribution is -2.63. The van der Waals surface area contributed by atoms with E-state index >= 15 is 0 Å². The predicted octanol–water partition coefficient (Wildman–Crippen LogP) is 2.01. The van der Waals surface area contributed by atoms with Crippen LogP contribution in [0.1, 0.15) is 29.8 Å². The molecule has 1 fully saturated rings. The zero-order chi connectivity index (χ0) is 32.4. The second kappa shape index (κ2) is 12.5. The standard InChI is InChI=1S/C31H32N8O7/c1-18(2)45-26-14-20(16-34-35-26)39-10-9-25(36-39)38-11-12-44-27(30(38)42)31(43,17-33-29(41)21-5-3-4-6-23(21)40)15-19-7-8-22-24(13-19)46-37-28(22)32/h3-10,13-14,16,18,27,40,43H,11-12,15,17H2,1-2H3,(H2,32,37)(H,33,41)/t27-,31?/m0/s1. The first kappa shape index (κ1) is 30.5. The summed E-state index contributed by atoms with van der Waals surface area (Å²) in [5, 5.41) is 41.9. The first-order chi connectivity index (χ1) is 22.1. The Balaban J connectivity index is 1.28. The van der Waals surface area contributed by atoms with Crippen molar-refractivity contribution in [1.29, 1.82) is 0 Å². The number of nitrogen functional groups attached to an aromatic ring is 1. The van der Waals surface area contributed by atoms with E-state index in [9.17, 15) is 19.8 Å². The van der Waals surface area contributed by atoms with E-state index in [4.69, 9.17) is 19.7 Å². The van der Waals surface area contributed by atoms with E-state index in [1.807, 2.05) is 13.8 Å². The Morgan fingerprint density at radius 3 is 2.85 bits per heavy atom. The number of phenols is 1. The lowest BCUT2D eigenvalue weighted by atomic mass is 9.86. The van der Waals surface area contributed by atoms with Crippen molar-refractivity contribution in [1.82, 2.24) is 30.5 Å². The molecular formula is C31H32N8O7. The van der Waals surface area contributed by atoms with E-state index in [1.165, 1.54) is 27.9 Å². The van der Waals surface area contributed by atoms with E-state index in [1.54, 1.807) is 48.7 Å². The number of carbonyl (C=O) groups excluding carboxylic acids is 2.